The van der Waals surface area contributed by atoms with E-state index in [-0.39, 0.29) is 18.7 Å². The Morgan fingerprint density at radius 1 is 0.706 bits per heavy atom. The van der Waals surface area contributed by atoms with Crippen molar-refractivity contribution in [3.05, 3.63) is 149 Å². The number of rotatable bonds is 7. The molecule has 4 aromatic carbocycles. The molecule has 1 saturated heterocycles. The summed E-state index contributed by atoms with van der Waals surface area (Å²) < 4.78 is 12.5. The third-order valence-electron chi connectivity index (χ3n) is 6.15. The lowest BCUT2D eigenvalue weighted by molar-refractivity contribution is -0.143. The molecule has 0 bridgehead atoms. The van der Waals surface area contributed by atoms with E-state index >= 15 is 0 Å². The lowest BCUT2D eigenvalue weighted by Crippen LogP contribution is -2.35. The van der Waals surface area contributed by atoms with E-state index in [4.69, 9.17) is 9.47 Å². The van der Waals surface area contributed by atoms with Crippen LogP contribution in [-0.2, 0) is 19.9 Å². The second-order valence-corrected chi connectivity index (χ2v) is 8.40. The molecule has 0 N–H and O–H groups in total. The Bertz CT molecular complexity index is 1150. The van der Waals surface area contributed by atoms with Crippen molar-refractivity contribution in [2.24, 2.45) is 0 Å². The van der Waals surface area contributed by atoms with Crippen LogP contribution in [0.15, 0.2) is 127 Å². The number of hydrogen-bond acceptors (Lipinski definition) is 3. The zero-order valence-electron chi connectivity index (χ0n) is 18.8. The molecule has 1 aliphatic rings. The predicted octanol–water partition coefficient (Wildman–Crippen LogP) is 6.39. The van der Waals surface area contributed by atoms with E-state index in [9.17, 15) is 4.79 Å². The Kier molecular flexibility index (Phi) is 6.37. The first kappa shape index (κ1) is 21.9. The maximum Gasteiger partial charge on any atom is 0.334 e. The molecule has 168 valence electrons. The van der Waals surface area contributed by atoms with Crippen molar-refractivity contribution in [1.29, 1.82) is 0 Å². The largest absolute Gasteiger partial charge is 0.456 e. The molecule has 0 amide bonds. The molecule has 34 heavy (non-hydrogen) atoms. The summed E-state index contributed by atoms with van der Waals surface area (Å²) in [6.45, 7) is 0.274. The number of ether oxygens (including phenoxy) is 2. The van der Waals surface area contributed by atoms with Crippen molar-refractivity contribution < 1.29 is 14.3 Å². The van der Waals surface area contributed by atoms with E-state index in [1.54, 1.807) is 0 Å². The number of carbonyl (C=O) groups excluding carboxylic acids is 1. The van der Waals surface area contributed by atoms with Crippen LogP contribution in [0, 0.1) is 0 Å². The van der Waals surface area contributed by atoms with E-state index in [0.29, 0.717) is 12.0 Å². The van der Waals surface area contributed by atoms with Crippen molar-refractivity contribution in [2.75, 3.05) is 6.61 Å². The Morgan fingerprint density at radius 3 is 1.62 bits per heavy atom. The van der Waals surface area contributed by atoms with Crippen LogP contribution in [-0.4, -0.2) is 18.7 Å². The Labute approximate surface area is 200 Å². The van der Waals surface area contributed by atoms with Gasteiger partial charge in [-0.2, -0.15) is 0 Å². The third-order valence-corrected chi connectivity index (χ3v) is 6.15. The third kappa shape index (κ3) is 4.43. The van der Waals surface area contributed by atoms with Gasteiger partial charge in [-0.05, 0) is 28.3 Å². The molecule has 0 saturated carbocycles. The molecule has 0 spiro atoms. The molecule has 0 radical (unpaired) electrons. The standard InChI is InChI=1S/C31H26O3/c32-30-25(21-24-13-5-1-6-14-24)22-29(34-30)23-33-31(26-15-7-2-8-16-26,27-17-9-3-10-18-27)28-19-11-4-12-20-28/h1-21,29H,22-23H2/b25-21+/t29-/m0/s1. The average molecular weight is 447 g/mol. The molecule has 0 unspecified atom stereocenters. The van der Waals surface area contributed by atoms with Gasteiger partial charge >= 0.3 is 5.97 Å². The van der Waals surface area contributed by atoms with Crippen molar-refractivity contribution in [1.82, 2.24) is 0 Å². The van der Waals surface area contributed by atoms with Gasteiger partial charge in [0.25, 0.3) is 0 Å². The van der Waals surface area contributed by atoms with E-state index < -0.39 is 5.60 Å². The lowest BCUT2D eigenvalue weighted by atomic mass is 9.80. The summed E-state index contributed by atoms with van der Waals surface area (Å²) in [5.74, 6) is -0.276. The van der Waals surface area contributed by atoms with Gasteiger partial charge in [0.15, 0.2) is 0 Å². The van der Waals surface area contributed by atoms with E-state index in [2.05, 4.69) is 36.4 Å². The Morgan fingerprint density at radius 2 is 1.15 bits per heavy atom. The van der Waals surface area contributed by atoms with Crippen LogP contribution >= 0.6 is 0 Å². The van der Waals surface area contributed by atoms with E-state index in [1.165, 1.54) is 0 Å². The van der Waals surface area contributed by atoms with Gasteiger partial charge in [-0.1, -0.05) is 121 Å². The fourth-order valence-corrected chi connectivity index (χ4v) is 4.55. The number of carbonyl (C=O) groups is 1. The van der Waals surface area contributed by atoms with Crippen molar-refractivity contribution >= 4 is 12.0 Å². The van der Waals surface area contributed by atoms with Gasteiger partial charge in [-0.3, -0.25) is 0 Å². The molecule has 0 aromatic heterocycles. The lowest BCUT2D eigenvalue weighted by Gasteiger charge is -2.36. The van der Waals surface area contributed by atoms with Crippen molar-refractivity contribution in [3.63, 3.8) is 0 Å². The zero-order chi connectivity index (χ0) is 23.2. The van der Waals surface area contributed by atoms with Crippen LogP contribution in [0.2, 0.25) is 0 Å². The van der Waals surface area contributed by atoms with E-state index in [0.717, 1.165) is 22.3 Å². The first-order valence-corrected chi connectivity index (χ1v) is 11.5. The average Bonchev–Trinajstić information content (AvgIpc) is 3.26. The highest BCUT2D eigenvalue weighted by Gasteiger charge is 2.39. The van der Waals surface area contributed by atoms with Crippen LogP contribution in [0.3, 0.4) is 0 Å². The van der Waals surface area contributed by atoms with Gasteiger partial charge in [-0.25, -0.2) is 4.79 Å². The van der Waals surface area contributed by atoms with Crippen LogP contribution in [0.4, 0.5) is 0 Å². The van der Waals surface area contributed by atoms with Crippen molar-refractivity contribution in [3.8, 4) is 0 Å². The Balaban J connectivity index is 1.49. The van der Waals surface area contributed by atoms with Gasteiger partial charge in [0.05, 0.1) is 6.61 Å². The minimum atomic E-state index is -0.831. The first-order chi connectivity index (χ1) is 16.8. The van der Waals surface area contributed by atoms with Crippen LogP contribution < -0.4 is 0 Å². The van der Waals surface area contributed by atoms with Crippen LogP contribution in [0.25, 0.3) is 6.08 Å². The summed E-state index contributed by atoms with van der Waals surface area (Å²) in [7, 11) is 0. The topological polar surface area (TPSA) is 35.5 Å². The monoisotopic (exact) mass is 446 g/mol. The molecule has 1 heterocycles. The summed E-state index contributed by atoms with van der Waals surface area (Å²) >= 11 is 0. The predicted molar refractivity (Wildman–Crippen MR) is 134 cm³/mol. The molecule has 4 aromatic rings. The zero-order valence-corrected chi connectivity index (χ0v) is 18.8. The summed E-state index contributed by atoms with van der Waals surface area (Å²) in [5, 5.41) is 0. The molecule has 1 aliphatic heterocycles. The summed E-state index contributed by atoms with van der Waals surface area (Å²) in [4.78, 5) is 12.6. The van der Waals surface area contributed by atoms with Gasteiger partial charge in [0.1, 0.15) is 11.7 Å². The smallest absolute Gasteiger partial charge is 0.334 e. The maximum atomic E-state index is 12.6. The number of esters is 1. The molecule has 1 fully saturated rings. The quantitative estimate of drug-likeness (QED) is 0.187. The normalized spacial score (nSPS) is 17.0. The second kappa shape index (κ2) is 9.90. The minimum absolute atomic E-state index is 0.274. The molecular weight excluding hydrogens is 420 g/mol. The summed E-state index contributed by atoms with van der Waals surface area (Å²) in [6, 6.07) is 40.5. The number of hydrogen-bond donors (Lipinski definition) is 0. The summed E-state index contributed by atoms with van der Waals surface area (Å²) in [6.07, 6.45) is 2.07. The fourth-order valence-electron chi connectivity index (χ4n) is 4.55. The highest BCUT2D eigenvalue weighted by Crippen LogP contribution is 2.41. The fraction of sp³-hybridized carbons (Fsp3) is 0.129. The van der Waals surface area contributed by atoms with Crippen LogP contribution in [0.5, 0.6) is 0 Å². The highest BCUT2D eigenvalue weighted by molar-refractivity contribution is 5.95. The molecule has 3 nitrogen and oxygen atoms in total. The molecular formula is C31H26O3. The van der Waals surface area contributed by atoms with E-state index in [1.807, 2.05) is 91.0 Å². The Hall–Kier alpha value is -3.95. The first-order valence-electron chi connectivity index (χ1n) is 11.5. The molecule has 1 atom stereocenters. The molecule has 0 aliphatic carbocycles. The number of benzene rings is 4. The van der Waals surface area contributed by atoms with Crippen molar-refractivity contribution in [2.45, 2.75) is 18.1 Å². The SMILES string of the molecule is O=C1O[C@H](COC(c2ccccc2)(c2ccccc2)c2ccccc2)C/C1=C\c1ccccc1. The van der Waals surface area contributed by atoms with Gasteiger partial charge in [0.2, 0.25) is 0 Å². The molecule has 3 heteroatoms. The number of cyclic esters (lactones) is 1. The van der Waals surface area contributed by atoms with Crippen LogP contribution in [0.1, 0.15) is 28.7 Å². The molecule has 5 rings (SSSR count). The maximum absolute atomic E-state index is 12.6. The minimum Gasteiger partial charge on any atom is -0.456 e. The highest BCUT2D eigenvalue weighted by atomic mass is 16.6. The van der Waals surface area contributed by atoms with Gasteiger partial charge in [-0.15, -0.1) is 0 Å². The van der Waals surface area contributed by atoms with Gasteiger partial charge in [0, 0.05) is 12.0 Å². The van der Waals surface area contributed by atoms with Gasteiger partial charge < -0.3 is 9.47 Å². The second-order valence-electron chi connectivity index (χ2n) is 8.40. The summed E-state index contributed by atoms with van der Waals surface area (Å²) in [5.41, 5.74) is 3.90.